The van der Waals surface area contributed by atoms with Gasteiger partial charge in [0.25, 0.3) is 0 Å². The van der Waals surface area contributed by atoms with Crippen molar-refractivity contribution >= 4 is 33.4 Å². The van der Waals surface area contributed by atoms with Crippen LogP contribution in [0.25, 0.3) is 0 Å². The molecule has 0 aromatic heterocycles. The van der Waals surface area contributed by atoms with E-state index in [2.05, 4.69) is 27.3 Å². The van der Waals surface area contributed by atoms with Gasteiger partial charge in [0, 0.05) is 23.6 Å². The zero-order chi connectivity index (χ0) is 17.1. The number of hydrogen-bond donors (Lipinski definition) is 1. The summed E-state index contributed by atoms with van der Waals surface area (Å²) in [4.78, 5) is 26.2. The molecule has 24 heavy (non-hydrogen) atoms. The van der Waals surface area contributed by atoms with Crippen LogP contribution in [-0.4, -0.2) is 18.4 Å². The second kappa shape index (κ2) is 7.18. The lowest BCUT2D eigenvalue weighted by Crippen LogP contribution is -2.35. The Bertz CT molecular complexity index is 761. The van der Waals surface area contributed by atoms with Crippen molar-refractivity contribution in [2.45, 2.75) is 25.8 Å². The molecule has 124 valence electrons. The van der Waals surface area contributed by atoms with Crippen molar-refractivity contribution < 1.29 is 9.59 Å². The summed E-state index contributed by atoms with van der Waals surface area (Å²) in [7, 11) is 0. The first-order valence-corrected chi connectivity index (χ1v) is 8.75. The third-order valence-corrected chi connectivity index (χ3v) is 4.69. The molecule has 0 fully saturated rings. The highest BCUT2D eigenvalue weighted by Gasteiger charge is 2.27. The average molecular weight is 387 g/mol. The van der Waals surface area contributed by atoms with Gasteiger partial charge in [-0.25, -0.2) is 0 Å². The Labute approximate surface area is 150 Å². The highest BCUT2D eigenvalue weighted by molar-refractivity contribution is 9.10. The van der Waals surface area contributed by atoms with Crippen LogP contribution in [0.5, 0.6) is 0 Å². The van der Waals surface area contributed by atoms with E-state index in [1.54, 1.807) is 0 Å². The van der Waals surface area contributed by atoms with Crippen LogP contribution < -0.4 is 10.2 Å². The van der Waals surface area contributed by atoms with Crippen molar-refractivity contribution in [3.8, 4) is 0 Å². The molecule has 1 N–H and O–H groups in total. The van der Waals surface area contributed by atoms with Crippen LogP contribution in [0.3, 0.4) is 0 Å². The number of anilines is 1. The van der Waals surface area contributed by atoms with Crippen molar-refractivity contribution in [1.82, 2.24) is 5.32 Å². The molecule has 0 aliphatic carbocycles. The Kier molecular flexibility index (Phi) is 5.00. The van der Waals surface area contributed by atoms with Crippen LogP contribution in [0.4, 0.5) is 5.69 Å². The molecule has 1 aliphatic heterocycles. The van der Waals surface area contributed by atoms with Gasteiger partial charge in [0.05, 0.1) is 12.5 Å². The number of nitrogens with zero attached hydrogens (tertiary/aromatic N) is 1. The number of amides is 2. The van der Waals surface area contributed by atoms with E-state index in [-0.39, 0.29) is 24.3 Å². The summed E-state index contributed by atoms with van der Waals surface area (Å²) in [5, 5.41) is 2.89. The van der Waals surface area contributed by atoms with Crippen molar-refractivity contribution in [1.29, 1.82) is 0 Å². The van der Waals surface area contributed by atoms with E-state index < -0.39 is 0 Å². The zero-order valence-electron chi connectivity index (χ0n) is 13.5. The number of hydrogen-bond acceptors (Lipinski definition) is 2. The number of benzene rings is 2. The molecule has 2 aromatic rings. The number of carbonyl (C=O) groups is 2. The standard InChI is InChI=1S/C19H19BrN2O2/c1-13(23)21-17(14-5-3-2-4-6-14)12-19(24)22-10-9-15-11-16(20)7-8-18(15)22/h2-8,11,17H,9-10,12H2,1H3,(H,21,23). The molecular formula is C19H19BrN2O2. The minimum absolute atomic E-state index is 0.0266. The lowest BCUT2D eigenvalue weighted by Gasteiger charge is -2.23. The topological polar surface area (TPSA) is 49.4 Å². The minimum Gasteiger partial charge on any atom is -0.349 e. The molecule has 1 atom stereocenters. The number of nitrogens with one attached hydrogen (secondary N) is 1. The summed E-state index contributed by atoms with van der Waals surface area (Å²) in [5.41, 5.74) is 3.09. The second-order valence-electron chi connectivity index (χ2n) is 5.94. The van der Waals surface area contributed by atoms with Gasteiger partial charge in [-0.1, -0.05) is 46.3 Å². The summed E-state index contributed by atoms with van der Waals surface area (Å²) in [6, 6.07) is 15.3. The van der Waals surface area contributed by atoms with E-state index >= 15 is 0 Å². The highest BCUT2D eigenvalue weighted by Crippen LogP contribution is 2.32. The molecule has 2 amide bonds. The van der Waals surface area contributed by atoms with Crippen LogP contribution in [0.1, 0.15) is 30.5 Å². The van der Waals surface area contributed by atoms with Crippen molar-refractivity contribution in [2.75, 3.05) is 11.4 Å². The van der Waals surface area contributed by atoms with E-state index in [0.717, 1.165) is 22.1 Å². The molecule has 2 aromatic carbocycles. The van der Waals surface area contributed by atoms with Crippen molar-refractivity contribution in [3.05, 3.63) is 64.1 Å². The number of fused-ring (bicyclic) bond motifs is 1. The maximum Gasteiger partial charge on any atom is 0.229 e. The third-order valence-electron chi connectivity index (χ3n) is 4.20. The molecule has 3 rings (SSSR count). The van der Waals surface area contributed by atoms with E-state index in [4.69, 9.17) is 0 Å². The lowest BCUT2D eigenvalue weighted by atomic mass is 10.0. The van der Waals surface area contributed by atoms with Crippen LogP contribution in [0, 0.1) is 0 Å². The number of halogens is 1. The smallest absolute Gasteiger partial charge is 0.229 e. The summed E-state index contributed by atoms with van der Waals surface area (Å²) >= 11 is 3.47. The van der Waals surface area contributed by atoms with E-state index in [1.807, 2.05) is 47.4 Å². The van der Waals surface area contributed by atoms with Gasteiger partial charge < -0.3 is 10.2 Å². The normalized spacial score (nSPS) is 14.2. The van der Waals surface area contributed by atoms with Gasteiger partial charge in [0.15, 0.2) is 0 Å². The molecule has 1 aliphatic rings. The Morgan fingerprint density at radius 3 is 2.67 bits per heavy atom. The summed E-state index contributed by atoms with van der Waals surface area (Å²) in [5.74, 6) is -0.110. The fourth-order valence-electron chi connectivity index (χ4n) is 3.10. The Morgan fingerprint density at radius 2 is 1.96 bits per heavy atom. The molecule has 0 spiro atoms. The minimum atomic E-state index is -0.310. The lowest BCUT2D eigenvalue weighted by molar-refractivity contribution is -0.121. The van der Waals surface area contributed by atoms with Gasteiger partial charge in [0.1, 0.15) is 0 Å². The second-order valence-corrected chi connectivity index (χ2v) is 6.85. The molecule has 5 heteroatoms. The van der Waals surface area contributed by atoms with Gasteiger partial charge in [-0.15, -0.1) is 0 Å². The fraction of sp³-hybridized carbons (Fsp3) is 0.263. The summed E-state index contributed by atoms with van der Waals surface area (Å²) < 4.78 is 1.02. The van der Waals surface area contributed by atoms with Crippen LogP contribution >= 0.6 is 15.9 Å². The first-order chi connectivity index (χ1) is 11.5. The monoisotopic (exact) mass is 386 g/mol. The largest absolute Gasteiger partial charge is 0.349 e. The van der Waals surface area contributed by atoms with Gasteiger partial charge in [-0.3, -0.25) is 9.59 Å². The van der Waals surface area contributed by atoms with Gasteiger partial charge in [-0.2, -0.15) is 0 Å². The average Bonchev–Trinajstić information content (AvgIpc) is 2.97. The van der Waals surface area contributed by atoms with Gasteiger partial charge in [-0.05, 0) is 35.7 Å². The maximum absolute atomic E-state index is 12.8. The first kappa shape index (κ1) is 16.7. The Hall–Kier alpha value is -2.14. The molecule has 4 nitrogen and oxygen atoms in total. The molecule has 1 unspecified atom stereocenters. The van der Waals surface area contributed by atoms with Gasteiger partial charge in [0.2, 0.25) is 11.8 Å². The Balaban J connectivity index is 1.79. The molecule has 0 bridgehead atoms. The van der Waals surface area contributed by atoms with Crippen molar-refractivity contribution in [3.63, 3.8) is 0 Å². The maximum atomic E-state index is 12.8. The van der Waals surface area contributed by atoms with Gasteiger partial charge >= 0.3 is 0 Å². The number of rotatable bonds is 4. The first-order valence-electron chi connectivity index (χ1n) is 7.95. The summed E-state index contributed by atoms with van der Waals surface area (Å²) in [6.07, 6.45) is 1.11. The Morgan fingerprint density at radius 1 is 1.21 bits per heavy atom. The zero-order valence-corrected chi connectivity index (χ0v) is 15.0. The third kappa shape index (κ3) is 3.67. The fourth-order valence-corrected chi connectivity index (χ4v) is 3.51. The predicted octanol–water partition coefficient (Wildman–Crippen LogP) is 3.61. The SMILES string of the molecule is CC(=O)NC(CC(=O)N1CCc2cc(Br)ccc21)c1ccccc1. The molecule has 0 saturated heterocycles. The highest BCUT2D eigenvalue weighted by atomic mass is 79.9. The molecule has 1 heterocycles. The van der Waals surface area contributed by atoms with Crippen LogP contribution in [-0.2, 0) is 16.0 Å². The molecule has 0 radical (unpaired) electrons. The molecule has 0 saturated carbocycles. The van der Waals surface area contributed by atoms with E-state index in [9.17, 15) is 9.59 Å². The van der Waals surface area contributed by atoms with Crippen molar-refractivity contribution in [2.24, 2.45) is 0 Å². The molecular weight excluding hydrogens is 368 g/mol. The predicted molar refractivity (Wildman–Crippen MR) is 97.8 cm³/mol. The van der Waals surface area contributed by atoms with Crippen LogP contribution in [0.2, 0.25) is 0 Å². The quantitative estimate of drug-likeness (QED) is 0.872. The number of carbonyl (C=O) groups excluding carboxylic acids is 2. The van der Waals surface area contributed by atoms with Crippen LogP contribution in [0.15, 0.2) is 53.0 Å². The van der Waals surface area contributed by atoms with E-state index in [1.165, 1.54) is 12.5 Å². The van der Waals surface area contributed by atoms with E-state index in [0.29, 0.717) is 6.54 Å². The summed E-state index contributed by atoms with van der Waals surface area (Å²) in [6.45, 7) is 2.16.